The number of aliphatic hydroxyl groups is 1. The lowest BCUT2D eigenvalue weighted by molar-refractivity contribution is 0.0470. The molecule has 1 fully saturated rings. The van der Waals surface area contributed by atoms with Gasteiger partial charge in [0.1, 0.15) is 17.3 Å². The van der Waals surface area contributed by atoms with Crippen molar-refractivity contribution < 1.29 is 23.5 Å². The molecule has 1 unspecified atom stereocenters. The number of aromatic nitrogens is 1. The molecule has 0 bridgehead atoms. The summed E-state index contributed by atoms with van der Waals surface area (Å²) in [6.45, 7) is 0.440. The summed E-state index contributed by atoms with van der Waals surface area (Å²) in [5, 5.41) is 12.3. The molecule has 0 aliphatic carbocycles. The van der Waals surface area contributed by atoms with Crippen molar-refractivity contribution in [2.75, 3.05) is 18.4 Å². The summed E-state index contributed by atoms with van der Waals surface area (Å²) in [5.41, 5.74) is -0.751. The standard InChI is InChI=1S/C18H16ClF2N3O3/c19-10-3-4-15(22-8-10)17(26)23-16-6-12(13(20)7-14(16)21)18(27)24-5-1-2-11(25)9-24/h3-4,6-8,11,25H,1-2,5,9H2,(H,23,26). The molecule has 3 rings (SSSR count). The third-order valence-electron chi connectivity index (χ3n) is 4.18. The maximum Gasteiger partial charge on any atom is 0.274 e. The van der Waals surface area contributed by atoms with Crippen molar-refractivity contribution in [3.63, 3.8) is 0 Å². The van der Waals surface area contributed by atoms with Gasteiger partial charge in [0.15, 0.2) is 0 Å². The number of likely N-dealkylation sites (tertiary alicyclic amines) is 1. The van der Waals surface area contributed by atoms with Gasteiger partial charge in [-0.3, -0.25) is 9.59 Å². The van der Waals surface area contributed by atoms with Crippen molar-refractivity contribution in [1.82, 2.24) is 9.88 Å². The Morgan fingerprint density at radius 1 is 1.26 bits per heavy atom. The number of carbonyl (C=O) groups is 2. The first-order valence-corrected chi connectivity index (χ1v) is 8.62. The van der Waals surface area contributed by atoms with E-state index in [0.717, 1.165) is 6.07 Å². The van der Waals surface area contributed by atoms with E-state index in [1.165, 1.54) is 23.2 Å². The SMILES string of the molecule is O=C(Nc1cc(C(=O)N2CCCC(O)C2)c(F)cc1F)c1ccc(Cl)cn1. The van der Waals surface area contributed by atoms with Gasteiger partial charge in [-0.2, -0.15) is 0 Å². The number of aliphatic hydroxyl groups excluding tert-OH is 1. The third-order valence-corrected chi connectivity index (χ3v) is 4.40. The average molecular weight is 396 g/mol. The van der Waals surface area contributed by atoms with Crippen LogP contribution >= 0.6 is 11.6 Å². The van der Waals surface area contributed by atoms with E-state index in [-0.39, 0.29) is 23.5 Å². The highest BCUT2D eigenvalue weighted by atomic mass is 35.5. The molecule has 27 heavy (non-hydrogen) atoms. The van der Waals surface area contributed by atoms with Crippen LogP contribution in [0.1, 0.15) is 33.7 Å². The molecule has 2 heterocycles. The molecule has 1 atom stereocenters. The zero-order chi connectivity index (χ0) is 19.6. The quantitative estimate of drug-likeness (QED) is 0.837. The molecular weight excluding hydrogens is 380 g/mol. The summed E-state index contributed by atoms with van der Waals surface area (Å²) in [7, 11) is 0. The van der Waals surface area contributed by atoms with Crippen LogP contribution in [-0.2, 0) is 0 Å². The molecule has 6 nitrogen and oxygen atoms in total. The van der Waals surface area contributed by atoms with Gasteiger partial charge in [-0.15, -0.1) is 0 Å². The second kappa shape index (κ2) is 7.98. The molecule has 0 spiro atoms. The first kappa shape index (κ1) is 19.2. The van der Waals surface area contributed by atoms with Gasteiger partial charge in [-0.1, -0.05) is 11.6 Å². The van der Waals surface area contributed by atoms with Crippen molar-refractivity contribution in [3.05, 3.63) is 58.4 Å². The zero-order valence-electron chi connectivity index (χ0n) is 14.1. The number of pyridine rings is 1. The van der Waals surface area contributed by atoms with Gasteiger partial charge < -0.3 is 15.3 Å². The molecule has 9 heteroatoms. The molecule has 142 valence electrons. The van der Waals surface area contributed by atoms with E-state index < -0.39 is 29.6 Å². The van der Waals surface area contributed by atoms with Crippen LogP contribution in [0.2, 0.25) is 5.02 Å². The topological polar surface area (TPSA) is 82.5 Å². The summed E-state index contributed by atoms with van der Waals surface area (Å²) in [4.78, 5) is 29.8. The van der Waals surface area contributed by atoms with E-state index >= 15 is 0 Å². The fraction of sp³-hybridized carbons (Fsp3) is 0.278. The van der Waals surface area contributed by atoms with E-state index in [0.29, 0.717) is 30.5 Å². The van der Waals surface area contributed by atoms with Crippen molar-refractivity contribution in [2.45, 2.75) is 18.9 Å². The smallest absolute Gasteiger partial charge is 0.274 e. The Hall–Kier alpha value is -2.58. The fourth-order valence-electron chi connectivity index (χ4n) is 2.81. The number of hydrogen-bond acceptors (Lipinski definition) is 4. The van der Waals surface area contributed by atoms with Crippen LogP contribution in [0.5, 0.6) is 0 Å². The molecule has 1 saturated heterocycles. The van der Waals surface area contributed by atoms with Crippen LogP contribution in [0.3, 0.4) is 0 Å². The lowest BCUT2D eigenvalue weighted by atomic mass is 10.1. The zero-order valence-corrected chi connectivity index (χ0v) is 14.8. The Balaban J connectivity index is 1.84. The number of carbonyl (C=O) groups excluding carboxylic acids is 2. The van der Waals surface area contributed by atoms with Gasteiger partial charge >= 0.3 is 0 Å². The highest BCUT2D eigenvalue weighted by Gasteiger charge is 2.26. The molecule has 2 N–H and O–H groups in total. The predicted molar refractivity (Wildman–Crippen MR) is 94.7 cm³/mol. The molecule has 0 saturated carbocycles. The predicted octanol–water partition coefficient (Wildman–Crippen LogP) is 2.86. The first-order chi connectivity index (χ1) is 12.8. The molecule has 1 aliphatic rings. The maximum absolute atomic E-state index is 14.1. The number of rotatable bonds is 3. The van der Waals surface area contributed by atoms with Crippen molar-refractivity contribution in [3.8, 4) is 0 Å². The Morgan fingerprint density at radius 2 is 2.04 bits per heavy atom. The Kier molecular flexibility index (Phi) is 5.67. The minimum atomic E-state index is -1.04. The molecule has 1 aromatic carbocycles. The number of halogens is 3. The largest absolute Gasteiger partial charge is 0.391 e. The lowest BCUT2D eigenvalue weighted by Gasteiger charge is -2.30. The van der Waals surface area contributed by atoms with Crippen LogP contribution in [-0.4, -0.2) is 46.0 Å². The van der Waals surface area contributed by atoms with Gasteiger partial charge in [0, 0.05) is 25.4 Å². The van der Waals surface area contributed by atoms with Gasteiger partial charge in [0.2, 0.25) is 0 Å². The molecule has 1 aliphatic heterocycles. The van der Waals surface area contributed by atoms with Crippen LogP contribution in [0.25, 0.3) is 0 Å². The Bertz CT molecular complexity index is 877. The number of anilines is 1. The van der Waals surface area contributed by atoms with Gasteiger partial charge in [-0.05, 0) is 31.0 Å². The number of β-amino-alcohol motifs (C(OH)–C–C–N with tert-alkyl or cyclic N) is 1. The second-order valence-corrected chi connectivity index (χ2v) is 6.61. The molecule has 2 amide bonds. The van der Waals surface area contributed by atoms with E-state index in [9.17, 15) is 23.5 Å². The number of nitrogens with one attached hydrogen (secondary N) is 1. The Labute approximate surface area is 158 Å². The normalized spacial score (nSPS) is 16.9. The van der Waals surface area contributed by atoms with Crippen LogP contribution in [0.4, 0.5) is 14.5 Å². The van der Waals surface area contributed by atoms with Gasteiger partial charge in [-0.25, -0.2) is 13.8 Å². The summed E-state index contributed by atoms with van der Waals surface area (Å²) >= 11 is 5.70. The van der Waals surface area contributed by atoms with Gasteiger partial charge in [0.05, 0.1) is 22.4 Å². The van der Waals surface area contributed by atoms with E-state index in [2.05, 4.69) is 10.3 Å². The lowest BCUT2D eigenvalue weighted by Crippen LogP contribution is -2.42. The minimum Gasteiger partial charge on any atom is -0.391 e. The number of nitrogens with zero attached hydrogens (tertiary/aromatic N) is 2. The van der Waals surface area contributed by atoms with Crippen LogP contribution in [0, 0.1) is 11.6 Å². The van der Waals surface area contributed by atoms with Crippen LogP contribution < -0.4 is 5.32 Å². The van der Waals surface area contributed by atoms with Crippen molar-refractivity contribution >= 4 is 29.1 Å². The number of hydrogen-bond donors (Lipinski definition) is 2. The highest BCUT2D eigenvalue weighted by Crippen LogP contribution is 2.23. The monoisotopic (exact) mass is 395 g/mol. The van der Waals surface area contributed by atoms with E-state index in [4.69, 9.17) is 11.6 Å². The number of piperidine rings is 1. The summed E-state index contributed by atoms with van der Waals surface area (Å²) in [6.07, 6.45) is 1.72. The Morgan fingerprint density at radius 3 is 2.70 bits per heavy atom. The number of amides is 2. The highest BCUT2D eigenvalue weighted by molar-refractivity contribution is 6.30. The fourth-order valence-corrected chi connectivity index (χ4v) is 2.93. The van der Waals surface area contributed by atoms with Crippen LogP contribution in [0.15, 0.2) is 30.5 Å². The second-order valence-electron chi connectivity index (χ2n) is 6.17. The van der Waals surface area contributed by atoms with Crippen molar-refractivity contribution in [2.24, 2.45) is 0 Å². The minimum absolute atomic E-state index is 0.0184. The molecule has 1 aromatic heterocycles. The van der Waals surface area contributed by atoms with E-state index in [1.807, 2.05) is 0 Å². The molecular formula is C18H16ClF2N3O3. The van der Waals surface area contributed by atoms with Crippen molar-refractivity contribution in [1.29, 1.82) is 0 Å². The summed E-state index contributed by atoms with van der Waals surface area (Å²) in [5.74, 6) is -3.47. The molecule has 0 radical (unpaired) electrons. The summed E-state index contributed by atoms with van der Waals surface area (Å²) in [6, 6.07) is 4.28. The average Bonchev–Trinajstić information content (AvgIpc) is 2.64. The van der Waals surface area contributed by atoms with Gasteiger partial charge in [0.25, 0.3) is 11.8 Å². The maximum atomic E-state index is 14.1. The third kappa shape index (κ3) is 4.40. The summed E-state index contributed by atoms with van der Waals surface area (Å²) < 4.78 is 28.2. The van der Waals surface area contributed by atoms with E-state index in [1.54, 1.807) is 0 Å². The molecule has 2 aromatic rings. The first-order valence-electron chi connectivity index (χ1n) is 8.24. The number of benzene rings is 1.